The van der Waals surface area contributed by atoms with Gasteiger partial charge in [-0.15, -0.1) is 24.0 Å². The number of carbonyl (C=O) groups is 2. The number of amides is 2. The molecule has 0 unspecified atom stereocenters. The lowest BCUT2D eigenvalue weighted by molar-refractivity contribution is -0.157. The van der Waals surface area contributed by atoms with Gasteiger partial charge in [0.2, 0.25) is 11.8 Å². The zero-order valence-electron chi connectivity index (χ0n) is 15.1. The number of rotatable bonds is 8. The normalized spacial score (nSPS) is 14.9. The second kappa shape index (κ2) is 12.2. The fourth-order valence-electron chi connectivity index (χ4n) is 2.38. The highest BCUT2D eigenvalue weighted by atomic mass is 127. The third-order valence-corrected chi connectivity index (χ3v) is 3.63. The number of likely N-dealkylation sites (tertiary alicyclic amines) is 1. The van der Waals surface area contributed by atoms with Crippen LogP contribution in [0.5, 0.6) is 0 Å². The van der Waals surface area contributed by atoms with Crippen molar-refractivity contribution in [2.45, 2.75) is 32.4 Å². The fourth-order valence-corrected chi connectivity index (χ4v) is 2.38. The standard InChI is InChI=1S/C15H26F3N5O2.HI/c1-3-19-14(20-7-5-9-23-8-4-6-12(23)24)21-10-13(25)22(2)11-15(16,17)18;/h3-11H2,1-2H3,(H2,19,20,21);1H. The number of carbonyl (C=O) groups excluding carboxylic acids is 2. The molecular weight excluding hydrogens is 466 g/mol. The van der Waals surface area contributed by atoms with Crippen LogP contribution in [-0.4, -0.2) is 80.1 Å². The van der Waals surface area contributed by atoms with Crippen molar-refractivity contribution in [1.82, 2.24) is 20.4 Å². The van der Waals surface area contributed by atoms with Gasteiger partial charge in [0.1, 0.15) is 13.1 Å². The SMILES string of the molecule is CCNC(=NCC(=O)N(C)CC(F)(F)F)NCCCN1CCCC1=O.I. The average molecular weight is 493 g/mol. The van der Waals surface area contributed by atoms with E-state index in [0.29, 0.717) is 36.9 Å². The molecule has 0 atom stereocenters. The fraction of sp³-hybridized carbons (Fsp3) is 0.800. The number of guanidine groups is 1. The lowest BCUT2D eigenvalue weighted by Gasteiger charge is -2.19. The van der Waals surface area contributed by atoms with E-state index in [4.69, 9.17) is 0 Å². The molecule has 0 aromatic carbocycles. The van der Waals surface area contributed by atoms with Crippen LogP contribution in [0.4, 0.5) is 13.2 Å². The highest BCUT2D eigenvalue weighted by molar-refractivity contribution is 14.0. The van der Waals surface area contributed by atoms with Gasteiger partial charge < -0.3 is 20.4 Å². The van der Waals surface area contributed by atoms with E-state index in [9.17, 15) is 22.8 Å². The summed E-state index contributed by atoms with van der Waals surface area (Å²) in [5, 5.41) is 5.94. The zero-order chi connectivity index (χ0) is 18.9. The van der Waals surface area contributed by atoms with Crippen molar-refractivity contribution in [1.29, 1.82) is 0 Å². The van der Waals surface area contributed by atoms with E-state index in [2.05, 4.69) is 15.6 Å². The summed E-state index contributed by atoms with van der Waals surface area (Å²) in [6.45, 7) is 2.72. The first-order chi connectivity index (χ1) is 11.7. The maximum Gasteiger partial charge on any atom is 0.406 e. The molecule has 0 spiro atoms. The summed E-state index contributed by atoms with van der Waals surface area (Å²) in [5.74, 6) is -0.180. The van der Waals surface area contributed by atoms with E-state index in [1.807, 2.05) is 6.92 Å². The first-order valence-corrected chi connectivity index (χ1v) is 8.33. The Morgan fingerprint density at radius 1 is 1.35 bits per heavy atom. The van der Waals surface area contributed by atoms with E-state index in [1.165, 1.54) is 0 Å². The van der Waals surface area contributed by atoms with Gasteiger partial charge in [-0.25, -0.2) is 4.99 Å². The highest BCUT2D eigenvalue weighted by Gasteiger charge is 2.31. The van der Waals surface area contributed by atoms with E-state index in [0.717, 1.165) is 26.4 Å². The van der Waals surface area contributed by atoms with Crippen molar-refractivity contribution in [2.75, 3.05) is 46.3 Å². The molecule has 0 bridgehead atoms. The molecule has 0 aliphatic carbocycles. The first-order valence-electron chi connectivity index (χ1n) is 8.33. The predicted octanol–water partition coefficient (Wildman–Crippen LogP) is 1.19. The quantitative estimate of drug-likeness (QED) is 0.231. The molecule has 1 heterocycles. The van der Waals surface area contributed by atoms with Crippen LogP contribution in [0.1, 0.15) is 26.2 Å². The second-order valence-corrected chi connectivity index (χ2v) is 5.82. The maximum absolute atomic E-state index is 12.3. The molecule has 2 amide bonds. The minimum Gasteiger partial charge on any atom is -0.357 e. The van der Waals surface area contributed by atoms with Crippen LogP contribution in [-0.2, 0) is 9.59 Å². The Morgan fingerprint density at radius 3 is 2.58 bits per heavy atom. The molecule has 7 nitrogen and oxygen atoms in total. The Bertz CT molecular complexity index is 488. The average Bonchev–Trinajstić information content (AvgIpc) is 2.92. The van der Waals surface area contributed by atoms with Gasteiger partial charge >= 0.3 is 6.18 Å². The minimum absolute atomic E-state index is 0. The van der Waals surface area contributed by atoms with Gasteiger partial charge in [0.15, 0.2) is 5.96 Å². The first kappa shape index (κ1) is 24.7. The Morgan fingerprint density at radius 2 is 2.04 bits per heavy atom. The van der Waals surface area contributed by atoms with Crippen LogP contribution in [0, 0.1) is 0 Å². The van der Waals surface area contributed by atoms with Gasteiger partial charge in [0.05, 0.1) is 0 Å². The van der Waals surface area contributed by atoms with Gasteiger partial charge in [0, 0.05) is 39.6 Å². The Hall–Kier alpha value is -1.27. The Balaban J connectivity index is 0.00000625. The molecule has 152 valence electrons. The maximum atomic E-state index is 12.3. The van der Waals surface area contributed by atoms with Crippen LogP contribution in [0.2, 0.25) is 0 Å². The molecule has 1 aliphatic heterocycles. The second-order valence-electron chi connectivity index (χ2n) is 5.82. The van der Waals surface area contributed by atoms with Crippen molar-refractivity contribution in [2.24, 2.45) is 4.99 Å². The van der Waals surface area contributed by atoms with Crippen LogP contribution in [0.15, 0.2) is 4.99 Å². The van der Waals surface area contributed by atoms with Crippen molar-refractivity contribution in [3.8, 4) is 0 Å². The van der Waals surface area contributed by atoms with Gasteiger partial charge in [-0.1, -0.05) is 0 Å². The van der Waals surface area contributed by atoms with Crippen LogP contribution >= 0.6 is 24.0 Å². The van der Waals surface area contributed by atoms with Crippen LogP contribution in [0.25, 0.3) is 0 Å². The van der Waals surface area contributed by atoms with Crippen molar-refractivity contribution in [3.05, 3.63) is 0 Å². The number of halogens is 4. The largest absolute Gasteiger partial charge is 0.406 e. The molecule has 11 heteroatoms. The number of nitrogens with zero attached hydrogens (tertiary/aromatic N) is 3. The molecule has 1 saturated heterocycles. The van der Waals surface area contributed by atoms with Gasteiger partial charge in [-0.3, -0.25) is 9.59 Å². The van der Waals surface area contributed by atoms with E-state index < -0.39 is 18.6 Å². The van der Waals surface area contributed by atoms with E-state index >= 15 is 0 Å². The highest BCUT2D eigenvalue weighted by Crippen LogP contribution is 2.15. The summed E-state index contributed by atoms with van der Waals surface area (Å²) < 4.78 is 36.8. The van der Waals surface area contributed by atoms with E-state index in [-0.39, 0.29) is 36.4 Å². The molecule has 0 radical (unpaired) electrons. The molecule has 1 rings (SSSR count). The summed E-state index contributed by atoms with van der Waals surface area (Å²) >= 11 is 0. The van der Waals surface area contributed by atoms with Crippen LogP contribution < -0.4 is 10.6 Å². The topological polar surface area (TPSA) is 77.0 Å². The summed E-state index contributed by atoms with van der Waals surface area (Å²) in [6.07, 6.45) is -2.21. The van der Waals surface area contributed by atoms with Crippen molar-refractivity contribution in [3.63, 3.8) is 0 Å². The molecule has 1 fully saturated rings. The Kier molecular flexibility index (Phi) is 11.6. The lowest BCUT2D eigenvalue weighted by Crippen LogP contribution is -2.41. The van der Waals surface area contributed by atoms with E-state index in [1.54, 1.807) is 4.90 Å². The molecular formula is C15H27F3IN5O2. The summed E-state index contributed by atoms with van der Waals surface area (Å²) in [5.41, 5.74) is 0. The molecule has 1 aliphatic rings. The van der Waals surface area contributed by atoms with Gasteiger partial charge in [-0.2, -0.15) is 13.2 Å². The number of aliphatic imine (C=N–C) groups is 1. The molecule has 2 N–H and O–H groups in total. The number of alkyl halides is 3. The van der Waals surface area contributed by atoms with Gasteiger partial charge in [-0.05, 0) is 19.8 Å². The molecule has 0 aromatic heterocycles. The van der Waals surface area contributed by atoms with Crippen LogP contribution in [0.3, 0.4) is 0 Å². The monoisotopic (exact) mass is 493 g/mol. The van der Waals surface area contributed by atoms with Gasteiger partial charge in [0.25, 0.3) is 0 Å². The number of nitrogens with one attached hydrogen (secondary N) is 2. The molecule has 0 saturated carbocycles. The Labute approximate surface area is 168 Å². The smallest absolute Gasteiger partial charge is 0.357 e. The zero-order valence-corrected chi connectivity index (χ0v) is 17.4. The van der Waals surface area contributed by atoms with Crippen molar-refractivity contribution >= 4 is 41.8 Å². The number of hydrogen-bond acceptors (Lipinski definition) is 3. The summed E-state index contributed by atoms with van der Waals surface area (Å²) in [7, 11) is 1.10. The summed E-state index contributed by atoms with van der Waals surface area (Å²) in [6, 6.07) is 0. The molecule has 26 heavy (non-hydrogen) atoms. The number of likely N-dealkylation sites (N-methyl/N-ethyl adjacent to an activating group) is 1. The third kappa shape index (κ3) is 10.0. The number of hydrogen-bond donors (Lipinski definition) is 2. The molecule has 0 aromatic rings. The summed E-state index contributed by atoms with van der Waals surface area (Å²) in [4.78, 5) is 29.6. The predicted molar refractivity (Wildman–Crippen MR) is 104 cm³/mol. The third-order valence-electron chi connectivity index (χ3n) is 3.63. The minimum atomic E-state index is -4.43. The lowest BCUT2D eigenvalue weighted by atomic mass is 10.4. The van der Waals surface area contributed by atoms with Crippen molar-refractivity contribution < 1.29 is 22.8 Å².